The molecular formula is C21H30N2O2S. The van der Waals surface area contributed by atoms with Crippen molar-refractivity contribution < 1.29 is 9.59 Å². The second-order valence-corrected chi connectivity index (χ2v) is 8.44. The molecule has 1 N–H and O–H groups in total. The molecule has 0 bridgehead atoms. The van der Waals surface area contributed by atoms with Gasteiger partial charge in [0, 0.05) is 24.5 Å². The summed E-state index contributed by atoms with van der Waals surface area (Å²) in [5.74, 6) is 1.34. The lowest BCUT2D eigenvalue weighted by Gasteiger charge is -2.21. The van der Waals surface area contributed by atoms with Crippen molar-refractivity contribution in [2.75, 3.05) is 25.4 Å². The highest BCUT2D eigenvalue weighted by molar-refractivity contribution is 8.00. The number of carbonyl (C=O) groups is 2. The minimum atomic E-state index is -0.0162. The van der Waals surface area contributed by atoms with Gasteiger partial charge in [-0.05, 0) is 37.3 Å². The Balaban J connectivity index is 1.48. The van der Waals surface area contributed by atoms with Gasteiger partial charge in [0.2, 0.25) is 5.91 Å². The molecule has 0 radical (unpaired) electrons. The van der Waals surface area contributed by atoms with Crippen molar-refractivity contribution in [2.45, 2.75) is 56.3 Å². The summed E-state index contributed by atoms with van der Waals surface area (Å²) in [4.78, 5) is 27.7. The second-order valence-electron chi connectivity index (χ2n) is 7.42. The minimum Gasteiger partial charge on any atom is -0.352 e. The Hall–Kier alpha value is -1.49. The van der Waals surface area contributed by atoms with Gasteiger partial charge in [-0.15, -0.1) is 11.8 Å². The Morgan fingerprint density at radius 1 is 1.04 bits per heavy atom. The molecule has 0 unspecified atom stereocenters. The molecular weight excluding hydrogens is 344 g/mol. The fourth-order valence-corrected chi connectivity index (χ4v) is 4.89. The molecule has 142 valence electrons. The predicted molar refractivity (Wildman–Crippen MR) is 107 cm³/mol. The monoisotopic (exact) mass is 374 g/mol. The van der Waals surface area contributed by atoms with Gasteiger partial charge in [0.15, 0.2) is 0 Å². The molecule has 1 saturated carbocycles. The van der Waals surface area contributed by atoms with E-state index in [-0.39, 0.29) is 11.8 Å². The van der Waals surface area contributed by atoms with E-state index in [1.165, 1.54) is 43.9 Å². The number of likely N-dealkylation sites (tertiary alicyclic amines) is 1. The number of rotatable bonds is 7. The summed E-state index contributed by atoms with van der Waals surface area (Å²) in [6, 6.07) is 7.63. The summed E-state index contributed by atoms with van der Waals surface area (Å²) < 4.78 is 0. The minimum absolute atomic E-state index is 0.0162. The zero-order valence-electron chi connectivity index (χ0n) is 15.5. The van der Waals surface area contributed by atoms with E-state index < -0.39 is 0 Å². The summed E-state index contributed by atoms with van der Waals surface area (Å²) in [6.07, 6.45) is 9.94. The quantitative estimate of drug-likeness (QED) is 0.731. The molecule has 2 aliphatic rings. The maximum Gasteiger partial charge on any atom is 0.252 e. The summed E-state index contributed by atoms with van der Waals surface area (Å²) in [5.41, 5.74) is 0.690. The van der Waals surface area contributed by atoms with Crippen LogP contribution in [0.25, 0.3) is 0 Å². The largest absolute Gasteiger partial charge is 0.352 e. The van der Waals surface area contributed by atoms with Gasteiger partial charge in [-0.1, -0.05) is 44.2 Å². The van der Waals surface area contributed by atoms with Crippen LogP contribution in [-0.2, 0) is 4.79 Å². The van der Waals surface area contributed by atoms with Gasteiger partial charge in [-0.3, -0.25) is 9.59 Å². The first-order valence-corrected chi connectivity index (χ1v) is 11.0. The van der Waals surface area contributed by atoms with E-state index in [9.17, 15) is 9.59 Å². The molecule has 1 aliphatic heterocycles. The highest BCUT2D eigenvalue weighted by Gasteiger charge is 2.19. The van der Waals surface area contributed by atoms with Crippen molar-refractivity contribution >= 4 is 23.6 Å². The zero-order chi connectivity index (χ0) is 18.2. The number of thioether (sulfide) groups is 1. The van der Waals surface area contributed by atoms with Crippen LogP contribution >= 0.6 is 11.8 Å². The first-order chi connectivity index (χ1) is 12.7. The maximum absolute atomic E-state index is 12.6. The fourth-order valence-electron chi connectivity index (χ4n) is 3.94. The van der Waals surface area contributed by atoms with E-state index in [0.29, 0.717) is 11.3 Å². The van der Waals surface area contributed by atoms with Gasteiger partial charge in [0.25, 0.3) is 5.91 Å². The van der Waals surface area contributed by atoms with Crippen molar-refractivity contribution in [3.05, 3.63) is 29.8 Å². The summed E-state index contributed by atoms with van der Waals surface area (Å²) in [6.45, 7) is 2.50. The van der Waals surface area contributed by atoms with Gasteiger partial charge in [0.05, 0.1) is 11.3 Å². The smallest absolute Gasteiger partial charge is 0.252 e. The molecule has 4 nitrogen and oxygen atoms in total. The van der Waals surface area contributed by atoms with Gasteiger partial charge in [-0.2, -0.15) is 0 Å². The van der Waals surface area contributed by atoms with E-state index in [1.807, 2.05) is 29.2 Å². The van der Waals surface area contributed by atoms with Crippen LogP contribution in [0.3, 0.4) is 0 Å². The van der Waals surface area contributed by atoms with Crippen molar-refractivity contribution in [1.29, 1.82) is 0 Å². The van der Waals surface area contributed by atoms with Crippen molar-refractivity contribution in [1.82, 2.24) is 10.2 Å². The summed E-state index contributed by atoms with van der Waals surface area (Å²) in [7, 11) is 0. The van der Waals surface area contributed by atoms with E-state index in [0.717, 1.165) is 49.7 Å². The fraction of sp³-hybridized carbons (Fsp3) is 0.619. The molecule has 1 aromatic rings. The predicted octanol–water partition coefficient (Wildman–Crippen LogP) is 4.10. The number of benzene rings is 1. The van der Waals surface area contributed by atoms with Gasteiger partial charge in [0.1, 0.15) is 0 Å². The van der Waals surface area contributed by atoms with Crippen LogP contribution < -0.4 is 5.32 Å². The van der Waals surface area contributed by atoms with E-state index in [4.69, 9.17) is 0 Å². The number of carbonyl (C=O) groups excluding carboxylic acids is 2. The Labute approximate surface area is 161 Å². The molecule has 1 aliphatic carbocycles. The molecule has 3 rings (SSSR count). The third-order valence-electron chi connectivity index (χ3n) is 5.50. The molecule has 0 aromatic heterocycles. The van der Waals surface area contributed by atoms with Gasteiger partial charge in [-0.25, -0.2) is 0 Å². The first kappa shape index (κ1) is 19.3. The topological polar surface area (TPSA) is 49.4 Å². The maximum atomic E-state index is 12.6. The molecule has 1 heterocycles. The number of amides is 2. The van der Waals surface area contributed by atoms with Crippen LogP contribution in [0.2, 0.25) is 0 Å². The van der Waals surface area contributed by atoms with Gasteiger partial charge < -0.3 is 10.2 Å². The first-order valence-electron chi connectivity index (χ1n) is 10.0. The normalized spacial score (nSPS) is 18.1. The lowest BCUT2D eigenvalue weighted by atomic mass is 9.87. The second kappa shape index (κ2) is 10.0. The molecule has 1 aromatic carbocycles. The standard InChI is InChI=1S/C21H30N2O2S/c24-20(23-14-6-7-15-23)16-26-19-11-5-4-10-18(19)21(25)22-13-12-17-8-2-1-3-9-17/h4-5,10-11,17H,1-3,6-9,12-16H2,(H,22,25). The van der Waals surface area contributed by atoms with Crippen LogP contribution in [0.1, 0.15) is 61.7 Å². The Bertz CT molecular complexity index is 608. The van der Waals surface area contributed by atoms with E-state index >= 15 is 0 Å². The van der Waals surface area contributed by atoms with E-state index in [1.54, 1.807) is 0 Å². The lowest BCUT2D eigenvalue weighted by molar-refractivity contribution is -0.127. The van der Waals surface area contributed by atoms with Crippen LogP contribution in [0.4, 0.5) is 0 Å². The number of hydrogen-bond donors (Lipinski definition) is 1. The molecule has 0 spiro atoms. The summed E-state index contributed by atoms with van der Waals surface area (Å²) >= 11 is 1.48. The Morgan fingerprint density at radius 2 is 1.77 bits per heavy atom. The molecule has 2 amide bonds. The highest BCUT2D eigenvalue weighted by atomic mass is 32.2. The van der Waals surface area contributed by atoms with E-state index in [2.05, 4.69) is 5.32 Å². The molecule has 26 heavy (non-hydrogen) atoms. The SMILES string of the molecule is O=C(NCCC1CCCCC1)c1ccccc1SCC(=O)N1CCCC1. The number of nitrogens with one attached hydrogen (secondary N) is 1. The molecule has 5 heteroatoms. The lowest BCUT2D eigenvalue weighted by Crippen LogP contribution is -2.29. The third-order valence-corrected chi connectivity index (χ3v) is 6.56. The van der Waals surface area contributed by atoms with Crippen molar-refractivity contribution in [2.24, 2.45) is 5.92 Å². The summed E-state index contributed by atoms with van der Waals surface area (Å²) in [5, 5.41) is 3.08. The van der Waals surface area contributed by atoms with Crippen LogP contribution in [0.5, 0.6) is 0 Å². The van der Waals surface area contributed by atoms with Crippen LogP contribution in [0.15, 0.2) is 29.2 Å². The molecule has 1 saturated heterocycles. The molecule has 2 fully saturated rings. The zero-order valence-corrected chi connectivity index (χ0v) is 16.4. The Kier molecular flexibility index (Phi) is 7.42. The van der Waals surface area contributed by atoms with Crippen LogP contribution in [-0.4, -0.2) is 42.1 Å². The third kappa shape index (κ3) is 5.50. The van der Waals surface area contributed by atoms with Gasteiger partial charge >= 0.3 is 0 Å². The average molecular weight is 375 g/mol. The van der Waals surface area contributed by atoms with Crippen molar-refractivity contribution in [3.63, 3.8) is 0 Å². The van der Waals surface area contributed by atoms with Crippen LogP contribution in [0, 0.1) is 5.92 Å². The molecule has 0 atom stereocenters. The van der Waals surface area contributed by atoms with Crippen molar-refractivity contribution in [3.8, 4) is 0 Å². The number of nitrogens with zero attached hydrogens (tertiary/aromatic N) is 1. The Morgan fingerprint density at radius 3 is 2.54 bits per heavy atom. The highest BCUT2D eigenvalue weighted by Crippen LogP contribution is 2.26. The number of hydrogen-bond acceptors (Lipinski definition) is 3. The average Bonchev–Trinajstić information content (AvgIpc) is 3.22.